The summed E-state index contributed by atoms with van der Waals surface area (Å²) in [6, 6.07) is 4.74. The van der Waals surface area contributed by atoms with Gasteiger partial charge in [-0.25, -0.2) is 0 Å². The summed E-state index contributed by atoms with van der Waals surface area (Å²) in [5.41, 5.74) is 6.89. The Balaban J connectivity index is 0.00000280. The van der Waals surface area contributed by atoms with Crippen molar-refractivity contribution in [3.8, 4) is 5.75 Å². The van der Waals surface area contributed by atoms with Gasteiger partial charge in [0.25, 0.3) is 0 Å². The average Bonchev–Trinajstić information content (AvgIpc) is 2.60. The molecule has 3 N–H and O–H groups in total. The molecule has 5 nitrogen and oxygen atoms in total. The number of amides is 1. The highest BCUT2D eigenvalue weighted by molar-refractivity contribution is 5.89. The summed E-state index contributed by atoms with van der Waals surface area (Å²) in [5.74, 6) is -0.0417. The van der Waals surface area contributed by atoms with Crippen LogP contribution in [0.1, 0.15) is 57.2 Å². The predicted octanol–water partition coefficient (Wildman–Crippen LogP) is 3.74. The second-order valence-corrected chi connectivity index (χ2v) is 8.00. The van der Waals surface area contributed by atoms with Crippen molar-refractivity contribution in [1.29, 1.82) is 0 Å². The number of ether oxygens (including phenoxy) is 2. The van der Waals surface area contributed by atoms with Crippen LogP contribution in [0, 0.1) is 5.41 Å². The van der Waals surface area contributed by atoms with E-state index >= 15 is 0 Å². The van der Waals surface area contributed by atoms with Crippen LogP contribution < -0.4 is 15.8 Å². The van der Waals surface area contributed by atoms with Crippen LogP contribution in [-0.4, -0.2) is 30.8 Å². The van der Waals surface area contributed by atoms with Crippen molar-refractivity contribution in [2.45, 2.75) is 70.8 Å². The Morgan fingerprint density at radius 1 is 1.39 bits per heavy atom. The van der Waals surface area contributed by atoms with E-state index in [9.17, 15) is 13.6 Å². The molecule has 158 valence electrons. The summed E-state index contributed by atoms with van der Waals surface area (Å²) >= 11 is 0. The smallest absolute Gasteiger partial charge is 0.387 e. The first-order valence-electron chi connectivity index (χ1n) is 9.48. The van der Waals surface area contributed by atoms with Crippen molar-refractivity contribution in [2.75, 3.05) is 6.61 Å². The monoisotopic (exact) mass is 418 g/mol. The summed E-state index contributed by atoms with van der Waals surface area (Å²) < 4.78 is 35.0. The van der Waals surface area contributed by atoms with Gasteiger partial charge in [0.2, 0.25) is 5.91 Å². The van der Waals surface area contributed by atoms with Gasteiger partial charge in [-0.2, -0.15) is 8.78 Å². The molecule has 3 atom stereocenters. The quantitative estimate of drug-likeness (QED) is 0.738. The maximum absolute atomic E-state index is 13.0. The minimum absolute atomic E-state index is 0. The fourth-order valence-corrected chi connectivity index (χ4v) is 4.22. The SMILES string of the molecule is CCOC1CC(N)(C(=O)NC2CCCc3cc(OC(F)F)ccc32)C1(C)C.Cl. The van der Waals surface area contributed by atoms with Crippen molar-refractivity contribution in [3.05, 3.63) is 29.3 Å². The average molecular weight is 419 g/mol. The maximum atomic E-state index is 13.0. The van der Waals surface area contributed by atoms with Crippen molar-refractivity contribution < 1.29 is 23.0 Å². The third-order valence-corrected chi connectivity index (χ3v) is 6.19. The van der Waals surface area contributed by atoms with Crippen LogP contribution in [0.3, 0.4) is 0 Å². The normalized spacial score (nSPS) is 28.0. The van der Waals surface area contributed by atoms with Crippen molar-refractivity contribution in [1.82, 2.24) is 5.32 Å². The number of carbonyl (C=O) groups excluding carboxylic acids is 1. The van der Waals surface area contributed by atoms with E-state index in [0.717, 1.165) is 30.4 Å². The molecule has 0 aliphatic heterocycles. The Kier molecular flexibility index (Phi) is 6.94. The van der Waals surface area contributed by atoms with Crippen LogP contribution in [-0.2, 0) is 16.0 Å². The van der Waals surface area contributed by atoms with Gasteiger partial charge in [0, 0.05) is 18.4 Å². The van der Waals surface area contributed by atoms with Gasteiger partial charge in [0.05, 0.1) is 12.1 Å². The van der Waals surface area contributed by atoms with Crippen LogP contribution in [0.5, 0.6) is 5.75 Å². The first kappa shape index (κ1) is 22.8. The number of nitrogens with two attached hydrogens (primary N) is 1. The number of fused-ring (bicyclic) bond motifs is 1. The van der Waals surface area contributed by atoms with Gasteiger partial charge >= 0.3 is 6.61 Å². The largest absolute Gasteiger partial charge is 0.435 e. The summed E-state index contributed by atoms with van der Waals surface area (Å²) in [5, 5.41) is 3.09. The fraction of sp³-hybridized carbons (Fsp3) is 0.650. The number of hydrogen-bond donors (Lipinski definition) is 2. The number of rotatable bonds is 6. The molecule has 3 unspecified atom stereocenters. The number of benzene rings is 1. The predicted molar refractivity (Wildman–Crippen MR) is 105 cm³/mol. The maximum Gasteiger partial charge on any atom is 0.387 e. The molecule has 2 aliphatic carbocycles. The Labute approximate surface area is 170 Å². The highest BCUT2D eigenvalue weighted by Crippen LogP contribution is 2.50. The van der Waals surface area contributed by atoms with Crippen molar-refractivity contribution >= 4 is 18.3 Å². The number of hydrogen-bond acceptors (Lipinski definition) is 4. The molecular weight excluding hydrogens is 390 g/mol. The molecule has 1 aromatic rings. The third kappa shape index (κ3) is 3.98. The molecule has 0 heterocycles. The van der Waals surface area contributed by atoms with Gasteiger partial charge in [-0.3, -0.25) is 4.79 Å². The minimum atomic E-state index is -2.85. The van der Waals surface area contributed by atoms with E-state index in [1.165, 1.54) is 6.07 Å². The Bertz CT molecular complexity index is 717. The fourth-order valence-electron chi connectivity index (χ4n) is 4.22. The lowest BCUT2D eigenvalue weighted by Crippen LogP contribution is -2.75. The first-order chi connectivity index (χ1) is 12.7. The second kappa shape index (κ2) is 8.51. The third-order valence-electron chi connectivity index (χ3n) is 6.19. The molecule has 0 bridgehead atoms. The molecule has 0 aromatic heterocycles. The molecule has 28 heavy (non-hydrogen) atoms. The first-order valence-corrected chi connectivity index (χ1v) is 9.48. The Hall–Kier alpha value is -1.44. The number of nitrogens with one attached hydrogen (secondary N) is 1. The molecule has 1 amide bonds. The molecular formula is C20H29ClF2N2O3. The highest BCUT2D eigenvalue weighted by Gasteiger charge is 2.63. The lowest BCUT2D eigenvalue weighted by Gasteiger charge is -2.57. The number of alkyl halides is 2. The van der Waals surface area contributed by atoms with Gasteiger partial charge in [-0.15, -0.1) is 12.4 Å². The molecule has 1 saturated carbocycles. The summed E-state index contributed by atoms with van der Waals surface area (Å²) in [7, 11) is 0. The van der Waals surface area contributed by atoms with E-state index in [2.05, 4.69) is 10.1 Å². The Morgan fingerprint density at radius 2 is 2.11 bits per heavy atom. The molecule has 8 heteroatoms. The van der Waals surface area contributed by atoms with Crippen LogP contribution >= 0.6 is 12.4 Å². The van der Waals surface area contributed by atoms with Gasteiger partial charge in [-0.05, 0) is 49.4 Å². The molecule has 0 spiro atoms. The minimum Gasteiger partial charge on any atom is -0.435 e. The van der Waals surface area contributed by atoms with E-state index in [-0.39, 0.29) is 36.2 Å². The second-order valence-electron chi connectivity index (χ2n) is 8.00. The van der Waals surface area contributed by atoms with Crippen molar-refractivity contribution in [3.63, 3.8) is 0 Å². The lowest BCUT2D eigenvalue weighted by atomic mass is 9.54. The van der Waals surface area contributed by atoms with Crippen LogP contribution in [0.15, 0.2) is 18.2 Å². The zero-order valence-corrected chi connectivity index (χ0v) is 17.3. The van der Waals surface area contributed by atoms with E-state index in [1.54, 1.807) is 12.1 Å². The molecule has 0 saturated heterocycles. The number of carbonyl (C=O) groups is 1. The lowest BCUT2D eigenvalue weighted by molar-refractivity contribution is -0.171. The molecule has 3 rings (SSSR count). The zero-order chi connectivity index (χ0) is 19.8. The summed E-state index contributed by atoms with van der Waals surface area (Å²) in [4.78, 5) is 13.0. The standard InChI is InChI=1S/C20H28F2N2O3.ClH/c1-4-26-16-11-20(23,19(16,2)3)17(25)24-15-7-5-6-12-10-13(27-18(21)22)8-9-14(12)15;/h8-10,15-16,18H,4-7,11,23H2,1-3H3,(H,24,25);1H. The molecule has 0 radical (unpaired) electrons. The van der Waals surface area contributed by atoms with E-state index in [0.29, 0.717) is 13.0 Å². The summed E-state index contributed by atoms with van der Waals surface area (Å²) in [6.07, 6.45) is 2.87. The van der Waals surface area contributed by atoms with E-state index < -0.39 is 17.6 Å². The van der Waals surface area contributed by atoms with Crippen molar-refractivity contribution in [2.24, 2.45) is 11.1 Å². The van der Waals surface area contributed by atoms with Crippen LogP contribution in [0.2, 0.25) is 0 Å². The molecule has 2 aliphatic rings. The highest BCUT2D eigenvalue weighted by atomic mass is 35.5. The number of halogens is 3. The Morgan fingerprint density at radius 3 is 2.71 bits per heavy atom. The van der Waals surface area contributed by atoms with E-state index in [1.807, 2.05) is 20.8 Å². The zero-order valence-electron chi connectivity index (χ0n) is 16.5. The molecule has 1 fully saturated rings. The molecule has 1 aromatic carbocycles. The van der Waals surface area contributed by atoms with Gasteiger partial charge in [0.1, 0.15) is 11.3 Å². The van der Waals surface area contributed by atoms with E-state index in [4.69, 9.17) is 10.5 Å². The van der Waals surface area contributed by atoms with Crippen LogP contribution in [0.25, 0.3) is 0 Å². The summed E-state index contributed by atoms with van der Waals surface area (Å²) in [6.45, 7) is 3.58. The van der Waals surface area contributed by atoms with Gasteiger partial charge < -0.3 is 20.5 Å². The number of aryl methyl sites for hydroxylation is 1. The van der Waals surface area contributed by atoms with Crippen LogP contribution in [0.4, 0.5) is 8.78 Å². The topological polar surface area (TPSA) is 73.6 Å². The van der Waals surface area contributed by atoms with Gasteiger partial charge in [0.15, 0.2) is 0 Å². The van der Waals surface area contributed by atoms with Gasteiger partial charge in [-0.1, -0.05) is 19.9 Å².